The van der Waals surface area contributed by atoms with Crippen LogP contribution in [0.4, 0.5) is 4.79 Å². The van der Waals surface area contributed by atoms with Gasteiger partial charge in [-0.1, -0.05) is 44.2 Å². The zero-order valence-corrected chi connectivity index (χ0v) is 11.7. The van der Waals surface area contributed by atoms with Gasteiger partial charge in [0.1, 0.15) is 6.61 Å². The van der Waals surface area contributed by atoms with Gasteiger partial charge in [-0.15, -0.1) is 0 Å². The van der Waals surface area contributed by atoms with Gasteiger partial charge in [0.05, 0.1) is 6.04 Å². The Labute approximate surface area is 114 Å². The fraction of sp³-hybridized carbons (Fsp3) is 0.533. The van der Waals surface area contributed by atoms with Crippen molar-refractivity contribution in [1.82, 2.24) is 9.96 Å². The van der Waals surface area contributed by atoms with Crippen LogP contribution in [0.3, 0.4) is 0 Å². The summed E-state index contributed by atoms with van der Waals surface area (Å²) in [7, 11) is 0. The number of hydrogen-bond acceptors (Lipinski definition) is 2. The Morgan fingerprint density at radius 3 is 2.68 bits per heavy atom. The molecule has 0 radical (unpaired) electrons. The first-order valence-corrected chi connectivity index (χ1v) is 7.09. The number of urea groups is 1. The molecule has 19 heavy (non-hydrogen) atoms. The molecular formula is C15H22N2O2. The van der Waals surface area contributed by atoms with E-state index < -0.39 is 0 Å². The molecule has 0 aromatic heterocycles. The lowest BCUT2D eigenvalue weighted by Crippen LogP contribution is -2.33. The van der Waals surface area contributed by atoms with Crippen molar-refractivity contribution in [3.8, 4) is 0 Å². The maximum Gasteiger partial charge on any atom is 0.344 e. The van der Waals surface area contributed by atoms with Crippen LogP contribution in [0.1, 0.15) is 32.3 Å². The van der Waals surface area contributed by atoms with Crippen molar-refractivity contribution < 1.29 is 9.63 Å². The first kappa shape index (κ1) is 13.9. The minimum Gasteiger partial charge on any atom is -0.321 e. The molecule has 2 saturated heterocycles. The highest BCUT2D eigenvalue weighted by atomic mass is 16.7. The van der Waals surface area contributed by atoms with Crippen LogP contribution in [-0.2, 0) is 11.4 Å². The van der Waals surface area contributed by atoms with E-state index in [1.54, 1.807) is 5.06 Å². The predicted molar refractivity (Wildman–Crippen MR) is 74.4 cm³/mol. The largest absolute Gasteiger partial charge is 0.344 e. The van der Waals surface area contributed by atoms with E-state index in [1.807, 2.05) is 49.1 Å². The summed E-state index contributed by atoms with van der Waals surface area (Å²) in [6.45, 7) is 6.17. The van der Waals surface area contributed by atoms with Crippen molar-refractivity contribution in [3.63, 3.8) is 0 Å². The maximum absolute atomic E-state index is 11.9. The Morgan fingerprint density at radius 2 is 2.00 bits per heavy atom. The second kappa shape index (κ2) is 6.57. The Kier molecular flexibility index (Phi) is 4.80. The van der Waals surface area contributed by atoms with Crippen LogP contribution in [0, 0.1) is 0 Å². The smallest absolute Gasteiger partial charge is 0.321 e. The zero-order valence-electron chi connectivity index (χ0n) is 11.7. The van der Waals surface area contributed by atoms with Gasteiger partial charge in [-0.2, -0.15) is 5.06 Å². The van der Waals surface area contributed by atoms with Gasteiger partial charge in [0.15, 0.2) is 0 Å². The molecule has 104 valence electrons. The molecule has 0 aliphatic carbocycles. The number of hydroxylamine groups is 2. The maximum atomic E-state index is 11.9. The van der Waals surface area contributed by atoms with E-state index in [4.69, 9.17) is 4.84 Å². The monoisotopic (exact) mass is 262 g/mol. The van der Waals surface area contributed by atoms with E-state index >= 15 is 0 Å². The summed E-state index contributed by atoms with van der Waals surface area (Å²) >= 11 is 0. The summed E-state index contributed by atoms with van der Waals surface area (Å²) in [4.78, 5) is 19.5. The molecular weight excluding hydrogens is 240 g/mol. The molecule has 1 aromatic carbocycles. The highest BCUT2D eigenvalue weighted by Gasteiger charge is 2.40. The van der Waals surface area contributed by atoms with Crippen LogP contribution in [0.25, 0.3) is 0 Å². The van der Waals surface area contributed by atoms with Gasteiger partial charge >= 0.3 is 6.03 Å². The van der Waals surface area contributed by atoms with E-state index in [2.05, 4.69) is 0 Å². The molecule has 3 rings (SSSR count). The first-order valence-electron chi connectivity index (χ1n) is 7.09. The van der Waals surface area contributed by atoms with Gasteiger partial charge in [-0.3, -0.25) is 4.84 Å². The third-order valence-electron chi connectivity index (χ3n) is 3.40. The molecule has 1 atom stereocenters. The summed E-state index contributed by atoms with van der Waals surface area (Å²) in [6, 6.07) is 10.2. The Bertz CT molecular complexity index is 408. The van der Waals surface area contributed by atoms with Crippen molar-refractivity contribution in [2.75, 3.05) is 13.1 Å². The van der Waals surface area contributed by atoms with Crippen LogP contribution in [0.5, 0.6) is 0 Å². The second-order valence-electron chi connectivity index (χ2n) is 4.61. The van der Waals surface area contributed by atoms with E-state index in [-0.39, 0.29) is 12.1 Å². The molecule has 2 amide bonds. The minimum atomic E-state index is 0.0310. The Balaban J connectivity index is 0.000000637. The van der Waals surface area contributed by atoms with Crippen LogP contribution >= 0.6 is 0 Å². The summed E-state index contributed by atoms with van der Waals surface area (Å²) in [6.07, 6.45) is 2.14. The summed E-state index contributed by atoms with van der Waals surface area (Å²) in [5.41, 5.74) is 1.09. The Morgan fingerprint density at radius 1 is 1.26 bits per heavy atom. The highest BCUT2D eigenvalue weighted by Crippen LogP contribution is 2.25. The van der Waals surface area contributed by atoms with E-state index in [9.17, 15) is 4.79 Å². The quantitative estimate of drug-likeness (QED) is 0.838. The number of benzene rings is 1. The molecule has 0 saturated carbocycles. The fourth-order valence-corrected chi connectivity index (χ4v) is 2.49. The van der Waals surface area contributed by atoms with Crippen LogP contribution in [0.15, 0.2) is 30.3 Å². The van der Waals surface area contributed by atoms with E-state index in [0.717, 1.165) is 31.5 Å². The molecule has 0 N–H and O–H groups in total. The summed E-state index contributed by atoms with van der Waals surface area (Å²) in [5, 5.41) is 1.57. The number of piperidine rings is 1. The van der Waals surface area contributed by atoms with Gasteiger partial charge in [-0.25, -0.2) is 4.79 Å². The zero-order chi connectivity index (χ0) is 13.7. The number of nitrogens with zero attached hydrogens (tertiary/aromatic N) is 2. The summed E-state index contributed by atoms with van der Waals surface area (Å²) < 4.78 is 0. The van der Waals surface area contributed by atoms with E-state index in [1.165, 1.54) is 0 Å². The van der Waals surface area contributed by atoms with Gasteiger partial charge in [0.2, 0.25) is 0 Å². The van der Waals surface area contributed by atoms with Crippen LogP contribution in [0.2, 0.25) is 0 Å². The lowest BCUT2D eigenvalue weighted by molar-refractivity contribution is -0.140. The summed E-state index contributed by atoms with van der Waals surface area (Å²) in [5.74, 6) is 0. The SMILES string of the molecule is CC.O=C1N2CCCC(C2)N1OCc1ccccc1. The number of carbonyl (C=O) groups is 1. The van der Waals surface area contributed by atoms with Crippen LogP contribution in [-0.4, -0.2) is 35.1 Å². The Hall–Kier alpha value is -1.55. The van der Waals surface area contributed by atoms with Crippen molar-refractivity contribution >= 4 is 6.03 Å². The van der Waals surface area contributed by atoms with Gasteiger partial charge in [0, 0.05) is 13.1 Å². The molecule has 1 aromatic rings. The number of fused-ring (bicyclic) bond motifs is 2. The molecule has 2 fully saturated rings. The molecule has 2 aliphatic rings. The molecule has 2 heterocycles. The van der Waals surface area contributed by atoms with Gasteiger partial charge in [0.25, 0.3) is 0 Å². The number of carbonyl (C=O) groups excluding carboxylic acids is 1. The molecule has 1 unspecified atom stereocenters. The second-order valence-corrected chi connectivity index (χ2v) is 4.61. The number of amides is 2. The molecule has 4 nitrogen and oxygen atoms in total. The van der Waals surface area contributed by atoms with Crippen LogP contribution < -0.4 is 0 Å². The first-order chi connectivity index (χ1) is 9.34. The van der Waals surface area contributed by atoms with Gasteiger partial charge in [-0.05, 0) is 18.4 Å². The van der Waals surface area contributed by atoms with Crippen molar-refractivity contribution in [2.24, 2.45) is 0 Å². The fourth-order valence-electron chi connectivity index (χ4n) is 2.49. The number of rotatable bonds is 3. The third-order valence-corrected chi connectivity index (χ3v) is 3.40. The highest BCUT2D eigenvalue weighted by molar-refractivity contribution is 5.76. The predicted octanol–water partition coefficient (Wildman–Crippen LogP) is 3.04. The third kappa shape index (κ3) is 3.07. The average molecular weight is 262 g/mol. The van der Waals surface area contributed by atoms with Crippen molar-refractivity contribution in [3.05, 3.63) is 35.9 Å². The van der Waals surface area contributed by atoms with Crippen molar-refractivity contribution in [1.29, 1.82) is 0 Å². The number of hydrogen-bond donors (Lipinski definition) is 0. The molecule has 2 aliphatic heterocycles. The topological polar surface area (TPSA) is 32.8 Å². The normalized spacial score (nSPS) is 21.2. The van der Waals surface area contributed by atoms with Crippen molar-refractivity contribution in [2.45, 2.75) is 39.3 Å². The molecule has 0 spiro atoms. The molecule has 2 bridgehead atoms. The van der Waals surface area contributed by atoms with E-state index in [0.29, 0.717) is 6.61 Å². The lowest BCUT2D eigenvalue weighted by atomic mass is 10.1. The standard InChI is InChI=1S/C13H16N2O2.C2H6/c16-13-14-8-4-7-12(9-14)15(13)17-10-11-5-2-1-3-6-11;1-2/h1-3,5-6,12H,4,7-10H2;1-2H3. The molecule has 4 heteroatoms. The lowest BCUT2D eigenvalue weighted by Gasteiger charge is -2.22. The minimum absolute atomic E-state index is 0.0310. The average Bonchev–Trinajstić information content (AvgIpc) is 2.70. The van der Waals surface area contributed by atoms with Gasteiger partial charge < -0.3 is 4.90 Å².